The summed E-state index contributed by atoms with van der Waals surface area (Å²) in [6.45, 7) is 3.02. The van der Waals surface area contributed by atoms with Crippen molar-refractivity contribution in [2.45, 2.75) is 26.3 Å². The number of carboxylic acids is 1. The fraction of sp³-hybridized carbons (Fsp3) is 0.750. The lowest BCUT2D eigenvalue weighted by molar-refractivity contribution is -0.141. The minimum atomic E-state index is -1.09. The van der Waals surface area contributed by atoms with E-state index >= 15 is 0 Å². The van der Waals surface area contributed by atoms with Gasteiger partial charge in [0.2, 0.25) is 5.91 Å². The molecule has 0 bridgehead atoms. The number of hydrogen-bond acceptors (Lipinski definition) is 3. The Morgan fingerprint density at radius 2 is 2.07 bits per heavy atom. The molecule has 2 N–H and O–H groups in total. The molecule has 2 atom stereocenters. The van der Waals surface area contributed by atoms with Gasteiger partial charge < -0.3 is 10.4 Å². The van der Waals surface area contributed by atoms with E-state index in [0.29, 0.717) is 11.5 Å². The van der Waals surface area contributed by atoms with Gasteiger partial charge in [0.15, 0.2) is 0 Å². The van der Waals surface area contributed by atoms with E-state index < -0.39 is 22.8 Å². The Hall–Kier alpha value is -0.910. The number of rotatable bonds is 6. The maximum atomic E-state index is 11.0. The van der Waals surface area contributed by atoms with Crippen molar-refractivity contribution < 1.29 is 18.9 Å². The molecule has 5 nitrogen and oxygen atoms in total. The van der Waals surface area contributed by atoms with Gasteiger partial charge in [-0.25, -0.2) is 4.79 Å². The van der Waals surface area contributed by atoms with Crippen LogP contribution in [0.5, 0.6) is 0 Å². The molecule has 14 heavy (non-hydrogen) atoms. The quantitative estimate of drug-likeness (QED) is 0.647. The topological polar surface area (TPSA) is 83.5 Å². The van der Waals surface area contributed by atoms with Crippen LogP contribution in [0.2, 0.25) is 0 Å². The van der Waals surface area contributed by atoms with Crippen molar-refractivity contribution in [2.24, 2.45) is 0 Å². The first-order valence-corrected chi connectivity index (χ1v) is 5.81. The van der Waals surface area contributed by atoms with Crippen molar-refractivity contribution in [3.63, 3.8) is 0 Å². The molecule has 0 aromatic rings. The molecule has 6 heteroatoms. The van der Waals surface area contributed by atoms with E-state index in [1.807, 2.05) is 0 Å². The highest BCUT2D eigenvalue weighted by Gasteiger charge is 2.18. The maximum Gasteiger partial charge on any atom is 0.326 e. The van der Waals surface area contributed by atoms with Crippen molar-refractivity contribution in [2.75, 3.05) is 11.5 Å². The fourth-order valence-corrected chi connectivity index (χ4v) is 1.68. The number of nitrogens with one attached hydrogen (secondary N) is 1. The number of carbonyl (C=O) groups excluding carboxylic acids is 1. The molecular weight excluding hydrogens is 206 g/mol. The summed E-state index contributed by atoms with van der Waals surface area (Å²) >= 11 is 0. The Morgan fingerprint density at radius 3 is 2.43 bits per heavy atom. The second kappa shape index (κ2) is 6.53. The molecule has 0 spiro atoms. The van der Waals surface area contributed by atoms with Crippen molar-refractivity contribution in [1.82, 2.24) is 5.32 Å². The summed E-state index contributed by atoms with van der Waals surface area (Å²) in [5, 5.41) is 11.0. The molecule has 0 saturated carbocycles. The molecule has 0 radical (unpaired) electrons. The van der Waals surface area contributed by atoms with Gasteiger partial charge in [0.1, 0.15) is 6.04 Å². The molecule has 0 aliphatic carbocycles. The van der Waals surface area contributed by atoms with Crippen LogP contribution in [0.3, 0.4) is 0 Å². The summed E-state index contributed by atoms with van der Waals surface area (Å²) in [5.41, 5.74) is 0. The first kappa shape index (κ1) is 13.1. The number of aliphatic carboxylic acids is 1. The zero-order chi connectivity index (χ0) is 11.1. The zero-order valence-corrected chi connectivity index (χ0v) is 9.10. The maximum absolute atomic E-state index is 11.0. The van der Waals surface area contributed by atoms with E-state index in [9.17, 15) is 13.8 Å². The van der Waals surface area contributed by atoms with Gasteiger partial charge in [-0.15, -0.1) is 0 Å². The second-order valence-electron chi connectivity index (χ2n) is 2.81. The van der Waals surface area contributed by atoms with E-state index in [2.05, 4.69) is 5.32 Å². The van der Waals surface area contributed by atoms with Crippen LogP contribution in [0, 0.1) is 0 Å². The van der Waals surface area contributed by atoms with Gasteiger partial charge in [-0.05, 0) is 6.42 Å². The highest BCUT2D eigenvalue weighted by atomic mass is 32.2. The molecule has 0 aliphatic heterocycles. The number of carboxylic acid groups (broad SMARTS) is 1. The summed E-state index contributed by atoms with van der Waals surface area (Å²) in [5.74, 6) is -0.673. The van der Waals surface area contributed by atoms with Gasteiger partial charge in [0, 0.05) is 29.2 Å². The van der Waals surface area contributed by atoms with Crippen LogP contribution in [0.1, 0.15) is 20.3 Å². The summed E-state index contributed by atoms with van der Waals surface area (Å²) < 4.78 is 11.0. The Bertz CT molecular complexity index is 241. The Kier molecular flexibility index (Phi) is 6.11. The van der Waals surface area contributed by atoms with Crippen LogP contribution in [-0.4, -0.2) is 38.7 Å². The Balaban J connectivity index is 4.04. The minimum Gasteiger partial charge on any atom is -0.480 e. The van der Waals surface area contributed by atoms with Crippen LogP contribution >= 0.6 is 0 Å². The summed E-state index contributed by atoms with van der Waals surface area (Å²) in [4.78, 5) is 21.2. The van der Waals surface area contributed by atoms with Gasteiger partial charge in [-0.1, -0.05) is 6.92 Å². The van der Waals surface area contributed by atoms with Crippen LogP contribution in [0.25, 0.3) is 0 Å². The lowest BCUT2D eigenvalue weighted by Gasteiger charge is -2.12. The van der Waals surface area contributed by atoms with Gasteiger partial charge in [-0.2, -0.15) is 0 Å². The first-order chi connectivity index (χ1) is 6.47. The standard InChI is InChI=1S/C8H15NO4S/c1-3-14(13)5-4-7(8(11)12)9-6(2)10/h7H,3-5H2,1-2H3,(H,9,10)(H,11,12). The molecule has 0 heterocycles. The SMILES string of the molecule is CCS(=O)CCC(NC(C)=O)C(=O)O. The third kappa shape index (κ3) is 5.69. The monoisotopic (exact) mass is 221 g/mol. The molecular formula is C8H15NO4S. The van der Waals surface area contributed by atoms with Gasteiger partial charge in [-0.3, -0.25) is 9.00 Å². The lowest BCUT2D eigenvalue weighted by Crippen LogP contribution is -2.40. The highest BCUT2D eigenvalue weighted by Crippen LogP contribution is 1.96. The largest absolute Gasteiger partial charge is 0.480 e. The van der Waals surface area contributed by atoms with E-state index in [1.165, 1.54) is 6.92 Å². The molecule has 0 aromatic carbocycles. The van der Waals surface area contributed by atoms with Crippen molar-refractivity contribution in [3.05, 3.63) is 0 Å². The molecule has 0 rings (SSSR count). The zero-order valence-electron chi connectivity index (χ0n) is 8.28. The summed E-state index contributed by atoms with van der Waals surface area (Å²) in [6, 6.07) is -0.928. The van der Waals surface area contributed by atoms with Gasteiger partial charge >= 0.3 is 5.97 Å². The Morgan fingerprint density at radius 1 is 1.50 bits per heavy atom. The molecule has 82 valence electrons. The van der Waals surface area contributed by atoms with Gasteiger partial charge in [0.25, 0.3) is 0 Å². The molecule has 0 aliphatic rings. The molecule has 0 fully saturated rings. The molecule has 0 saturated heterocycles. The predicted octanol–water partition coefficient (Wildman–Crippen LogP) is -0.266. The van der Waals surface area contributed by atoms with E-state index in [4.69, 9.17) is 5.11 Å². The second-order valence-corrected chi connectivity index (χ2v) is 4.68. The lowest BCUT2D eigenvalue weighted by atomic mass is 10.2. The van der Waals surface area contributed by atoms with E-state index in [-0.39, 0.29) is 12.3 Å². The van der Waals surface area contributed by atoms with Crippen LogP contribution in [0.15, 0.2) is 0 Å². The summed E-state index contributed by atoms with van der Waals surface area (Å²) in [7, 11) is -0.994. The molecule has 2 unspecified atom stereocenters. The highest BCUT2D eigenvalue weighted by molar-refractivity contribution is 7.84. The van der Waals surface area contributed by atoms with Gasteiger partial charge in [0.05, 0.1) is 0 Å². The average Bonchev–Trinajstić information content (AvgIpc) is 2.10. The van der Waals surface area contributed by atoms with Crippen molar-refractivity contribution >= 4 is 22.7 Å². The van der Waals surface area contributed by atoms with E-state index in [0.717, 1.165) is 0 Å². The summed E-state index contributed by atoms with van der Waals surface area (Å²) in [6.07, 6.45) is 0.204. The molecule has 0 aromatic heterocycles. The third-order valence-electron chi connectivity index (χ3n) is 1.63. The molecule has 1 amide bonds. The minimum absolute atomic E-state index is 0.204. The smallest absolute Gasteiger partial charge is 0.326 e. The van der Waals surface area contributed by atoms with Crippen LogP contribution < -0.4 is 5.32 Å². The van der Waals surface area contributed by atoms with Crippen molar-refractivity contribution in [3.8, 4) is 0 Å². The number of carbonyl (C=O) groups is 2. The third-order valence-corrected chi connectivity index (χ3v) is 2.97. The fourth-order valence-electron chi connectivity index (χ4n) is 0.896. The van der Waals surface area contributed by atoms with E-state index in [1.54, 1.807) is 6.92 Å². The van der Waals surface area contributed by atoms with Crippen LogP contribution in [0.4, 0.5) is 0 Å². The number of amides is 1. The Labute approximate surface area is 85.3 Å². The average molecular weight is 221 g/mol. The number of hydrogen-bond donors (Lipinski definition) is 2. The first-order valence-electron chi connectivity index (χ1n) is 4.32. The normalized spacial score (nSPS) is 14.4. The van der Waals surface area contributed by atoms with Crippen LogP contribution in [-0.2, 0) is 20.4 Å². The predicted molar refractivity (Wildman–Crippen MR) is 53.4 cm³/mol. The van der Waals surface area contributed by atoms with Crippen molar-refractivity contribution in [1.29, 1.82) is 0 Å².